The highest BCUT2D eigenvalue weighted by molar-refractivity contribution is 6.33. The molecule has 6 rings (SSSR count). The first-order valence-corrected chi connectivity index (χ1v) is 9.94. The highest BCUT2D eigenvalue weighted by Crippen LogP contribution is 2.37. The van der Waals surface area contributed by atoms with Crippen LogP contribution in [0.5, 0.6) is 0 Å². The number of nitrogens with one attached hydrogen (secondary N) is 1. The molecule has 0 spiro atoms. The molecule has 6 heterocycles. The molecule has 9 nitrogen and oxygen atoms in total. The van der Waals surface area contributed by atoms with Gasteiger partial charge in [-0.25, -0.2) is 14.5 Å². The Hall–Kier alpha value is -3.79. The van der Waals surface area contributed by atoms with Crippen LogP contribution in [0.25, 0.3) is 17.0 Å². The van der Waals surface area contributed by atoms with Crippen LogP contribution in [0.15, 0.2) is 53.5 Å². The lowest BCUT2D eigenvalue weighted by Gasteiger charge is -2.32. The van der Waals surface area contributed by atoms with Crippen molar-refractivity contribution in [3.8, 4) is 11.5 Å². The van der Waals surface area contributed by atoms with E-state index in [1.54, 1.807) is 23.0 Å². The smallest absolute Gasteiger partial charge is 0.319 e. The number of nitrogens with zero attached hydrogens (tertiary/aromatic N) is 7. The minimum Gasteiger partial charge on any atom is -0.403 e. The number of H-pyrrole nitrogens is 1. The van der Waals surface area contributed by atoms with E-state index in [0.29, 0.717) is 18.0 Å². The zero-order valence-corrected chi connectivity index (χ0v) is 16.7. The topological polar surface area (TPSA) is 101 Å². The SMILES string of the molecule is Fc1ncccc1-c1nnc(N2CCc3[nH]cnc3[C@H]2c2cc3c(Cl)cccn3n2)o1. The molecular weight excluding hydrogens is 423 g/mol. The lowest BCUT2D eigenvalue weighted by molar-refractivity contribution is 0.499. The van der Waals surface area contributed by atoms with Gasteiger partial charge in [0.25, 0.3) is 5.89 Å². The van der Waals surface area contributed by atoms with E-state index in [0.717, 1.165) is 22.6 Å². The zero-order chi connectivity index (χ0) is 20.9. The predicted molar refractivity (Wildman–Crippen MR) is 109 cm³/mol. The van der Waals surface area contributed by atoms with Gasteiger partial charge in [0, 0.05) is 31.1 Å². The van der Waals surface area contributed by atoms with Crippen LogP contribution in [0.4, 0.5) is 10.4 Å². The van der Waals surface area contributed by atoms with Crippen LogP contribution in [0.1, 0.15) is 23.1 Å². The summed E-state index contributed by atoms with van der Waals surface area (Å²) in [5.74, 6) is -0.609. The Kier molecular flexibility index (Phi) is 4.00. The number of anilines is 1. The average molecular weight is 437 g/mol. The fraction of sp³-hybridized carbons (Fsp3) is 0.150. The van der Waals surface area contributed by atoms with E-state index < -0.39 is 5.95 Å². The normalized spacial score (nSPS) is 16.1. The lowest BCUT2D eigenvalue weighted by Crippen LogP contribution is -2.36. The van der Waals surface area contributed by atoms with E-state index in [-0.39, 0.29) is 23.5 Å². The van der Waals surface area contributed by atoms with Crippen LogP contribution in [-0.4, -0.2) is 41.3 Å². The number of rotatable bonds is 3. The van der Waals surface area contributed by atoms with Gasteiger partial charge in [0.2, 0.25) is 5.95 Å². The predicted octanol–water partition coefficient (Wildman–Crippen LogP) is 3.45. The largest absolute Gasteiger partial charge is 0.403 e. The minimum absolute atomic E-state index is 0.0604. The second-order valence-corrected chi connectivity index (χ2v) is 7.51. The van der Waals surface area contributed by atoms with Crippen LogP contribution >= 0.6 is 11.6 Å². The van der Waals surface area contributed by atoms with Crippen molar-refractivity contribution < 1.29 is 8.81 Å². The first-order valence-electron chi connectivity index (χ1n) is 9.56. The van der Waals surface area contributed by atoms with Crippen molar-refractivity contribution in [3.05, 3.63) is 77.1 Å². The number of hydrogen-bond donors (Lipinski definition) is 1. The van der Waals surface area contributed by atoms with Gasteiger partial charge in [-0.15, -0.1) is 5.10 Å². The van der Waals surface area contributed by atoms with Gasteiger partial charge in [-0.1, -0.05) is 16.7 Å². The van der Waals surface area contributed by atoms with Crippen LogP contribution in [0, 0.1) is 5.95 Å². The molecule has 0 aliphatic carbocycles. The number of pyridine rings is 2. The van der Waals surface area contributed by atoms with Crippen molar-refractivity contribution in [1.29, 1.82) is 0 Å². The molecule has 1 aliphatic heterocycles. The van der Waals surface area contributed by atoms with Gasteiger partial charge in [-0.2, -0.15) is 9.49 Å². The lowest BCUT2D eigenvalue weighted by atomic mass is 10.0. The molecule has 0 fully saturated rings. The summed E-state index contributed by atoms with van der Waals surface area (Å²) in [7, 11) is 0. The molecule has 31 heavy (non-hydrogen) atoms. The van der Waals surface area contributed by atoms with Crippen molar-refractivity contribution in [1.82, 2.24) is 34.8 Å². The summed E-state index contributed by atoms with van der Waals surface area (Å²) < 4.78 is 21.7. The maximum atomic E-state index is 14.1. The van der Waals surface area contributed by atoms with Crippen molar-refractivity contribution in [2.45, 2.75) is 12.5 Å². The van der Waals surface area contributed by atoms with E-state index in [9.17, 15) is 4.39 Å². The maximum absolute atomic E-state index is 14.1. The number of halogens is 2. The Balaban J connectivity index is 1.46. The first kappa shape index (κ1) is 18.0. The Bertz CT molecular complexity index is 1410. The van der Waals surface area contributed by atoms with E-state index in [1.165, 1.54) is 6.20 Å². The number of aromatic amines is 1. The number of hydrogen-bond acceptors (Lipinski definition) is 7. The third-order valence-electron chi connectivity index (χ3n) is 5.32. The molecule has 0 aromatic carbocycles. The van der Waals surface area contributed by atoms with Crippen LogP contribution in [0.2, 0.25) is 5.02 Å². The Morgan fingerprint density at radius 3 is 3.00 bits per heavy atom. The number of imidazole rings is 1. The molecule has 0 unspecified atom stereocenters. The molecule has 11 heteroatoms. The molecule has 1 atom stereocenters. The molecule has 154 valence electrons. The van der Waals surface area contributed by atoms with E-state index in [2.05, 4.69) is 25.1 Å². The first-order chi connectivity index (χ1) is 15.2. The van der Waals surface area contributed by atoms with E-state index >= 15 is 0 Å². The molecular formula is C20H14ClFN8O. The number of aromatic nitrogens is 7. The molecule has 0 saturated heterocycles. The second-order valence-electron chi connectivity index (χ2n) is 7.10. The standard InChI is InChI=1S/C20H14ClFN8O/c21-12-4-2-7-30-15(12)9-14(28-30)17-16-13(24-10-25-16)5-8-29(17)20-27-26-19(31-20)11-3-1-6-23-18(11)22/h1-4,6-7,9-10,17H,5,8H2,(H,24,25)/t17-/m1/s1. The van der Waals surface area contributed by atoms with Gasteiger partial charge in [-0.3, -0.25) is 0 Å². The van der Waals surface area contributed by atoms with Crippen molar-refractivity contribution in [3.63, 3.8) is 0 Å². The summed E-state index contributed by atoms with van der Waals surface area (Å²) in [6.45, 7) is 0.582. The minimum atomic E-state index is -0.669. The van der Waals surface area contributed by atoms with Crippen molar-refractivity contribution in [2.24, 2.45) is 0 Å². The van der Waals surface area contributed by atoms with Gasteiger partial charge in [0.1, 0.15) is 6.04 Å². The fourth-order valence-electron chi connectivity index (χ4n) is 3.90. The third kappa shape index (κ3) is 2.87. The van der Waals surface area contributed by atoms with Gasteiger partial charge < -0.3 is 14.3 Å². The van der Waals surface area contributed by atoms with Gasteiger partial charge >= 0.3 is 6.01 Å². The third-order valence-corrected chi connectivity index (χ3v) is 5.64. The summed E-state index contributed by atoms with van der Waals surface area (Å²) in [5, 5.41) is 13.5. The maximum Gasteiger partial charge on any atom is 0.319 e. The molecule has 0 radical (unpaired) electrons. The summed E-state index contributed by atoms with van der Waals surface area (Å²) in [6.07, 6.45) is 5.57. The Morgan fingerprint density at radius 2 is 2.13 bits per heavy atom. The monoisotopic (exact) mass is 436 g/mol. The van der Waals surface area contributed by atoms with E-state index in [4.69, 9.17) is 21.1 Å². The fourth-order valence-corrected chi connectivity index (χ4v) is 4.12. The molecule has 5 aromatic rings. The summed E-state index contributed by atoms with van der Waals surface area (Å²) in [5.41, 5.74) is 3.49. The Morgan fingerprint density at radius 1 is 1.19 bits per heavy atom. The second kappa shape index (κ2) is 6.88. The summed E-state index contributed by atoms with van der Waals surface area (Å²) >= 11 is 6.35. The van der Waals surface area contributed by atoms with Gasteiger partial charge in [0.15, 0.2) is 0 Å². The highest BCUT2D eigenvalue weighted by Gasteiger charge is 2.36. The molecule has 0 amide bonds. The molecule has 5 aromatic heterocycles. The number of fused-ring (bicyclic) bond motifs is 2. The van der Waals surface area contributed by atoms with Gasteiger partial charge in [-0.05, 0) is 30.3 Å². The van der Waals surface area contributed by atoms with E-state index in [1.807, 2.05) is 29.3 Å². The van der Waals surface area contributed by atoms with Crippen molar-refractivity contribution >= 4 is 23.1 Å². The Labute approximate surface area is 179 Å². The quantitative estimate of drug-likeness (QED) is 0.432. The average Bonchev–Trinajstić information content (AvgIpc) is 3.52. The van der Waals surface area contributed by atoms with Crippen LogP contribution < -0.4 is 4.90 Å². The van der Waals surface area contributed by atoms with Crippen molar-refractivity contribution in [2.75, 3.05) is 11.4 Å². The van der Waals surface area contributed by atoms with Crippen LogP contribution in [-0.2, 0) is 6.42 Å². The molecule has 0 bridgehead atoms. The molecule has 0 saturated carbocycles. The summed E-state index contributed by atoms with van der Waals surface area (Å²) in [6, 6.07) is 8.59. The molecule has 1 aliphatic rings. The molecule has 1 N–H and O–H groups in total. The highest BCUT2D eigenvalue weighted by atomic mass is 35.5. The summed E-state index contributed by atoms with van der Waals surface area (Å²) in [4.78, 5) is 13.3. The van der Waals surface area contributed by atoms with Crippen LogP contribution in [0.3, 0.4) is 0 Å². The zero-order valence-electron chi connectivity index (χ0n) is 15.9. The van der Waals surface area contributed by atoms with Gasteiger partial charge in [0.05, 0.1) is 33.8 Å².